The minimum atomic E-state index is 0.165. The number of aromatic nitrogens is 1. The maximum Gasteiger partial charge on any atom is 0.261 e. The summed E-state index contributed by atoms with van der Waals surface area (Å²) in [6.07, 6.45) is 0. The summed E-state index contributed by atoms with van der Waals surface area (Å²) in [5.41, 5.74) is 9.49. The quantitative estimate of drug-likeness (QED) is 0.686. The van der Waals surface area contributed by atoms with Crippen molar-refractivity contribution >= 4 is 28.5 Å². The second kappa shape index (κ2) is 5.11. The highest BCUT2D eigenvalue weighted by atomic mass is 32.2. The van der Waals surface area contributed by atoms with E-state index in [4.69, 9.17) is 10.2 Å². The van der Waals surface area contributed by atoms with Gasteiger partial charge in [0.25, 0.3) is 5.22 Å². The molecule has 0 aliphatic heterocycles. The lowest BCUT2D eigenvalue weighted by Crippen LogP contribution is -2.10. The molecule has 1 aromatic heterocycles. The van der Waals surface area contributed by atoms with Crippen molar-refractivity contribution in [3.05, 3.63) is 48.0 Å². The maximum atomic E-state index is 5.75. The minimum Gasteiger partial charge on any atom is -0.431 e. The summed E-state index contributed by atoms with van der Waals surface area (Å²) >= 11 is 1.52. The highest BCUT2D eigenvalue weighted by Crippen LogP contribution is 2.32. The first-order chi connectivity index (χ1) is 9.91. The predicted molar refractivity (Wildman–Crippen MR) is 87.7 cm³/mol. The Bertz CT molecular complexity index is 770. The van der Waals surface area contributed by atoms with Gasteiger partial charge < -0.3 is 10.2 Å². The molecule has 4 heteroatoms. The fourth-order valence-corrected chi connectivity index (χ4v) is 2.84. The molecule has 1 heterocycles. The van der Waals surface area contributed by atoms with E-state index >= 15 is 0 Å². The summed E-state index contributed by atoms with van der Waals surface area (Å²) in [4.78, 5) is 5.57. The number of oxazole rings is 1. The van der Waals surface area contributed by atoms with Crippen LogP contribution >= 0.6 is 11.8 Å². The Balaban J connectivity index is 1.84. The van der Waals surface area contributed by atoms with Gasteiger partial charge in [-0.15, -0.1) is 0 Å². The van der Waals surface area contributed by atoms with Gasteiger partial charge >= 0.3 is 0 Å². The number of hydrogen-bond donors (Lipinski definition) is 1. The van der Waals surface area contributed by atoms with Crippen molar-refractivity contribution in [2.75, 3.05) is 5.73 Å². The van der Waals surface area contributed by atoms with E-state index in [0.717, 1.165) is 16.0 Å². The third kappa shape index (κ3) is 3.05. The molecule has 0 aliphatic rings. The average molecular weight is 298 g/mol. The topological polar surface area (TPSA) is 52.0 Å². The van der Waals surface area contributed by atoms with Gasteiger partial charge in [-0.1, -0.05) is 32.9 Å². The van der Waals surface area contributed by atoms with Gasteiger partial charge in [0.15, 0.2) is 5.58 Å². The van der Waals surface area contributed by atoms with Crippen LogP contribution < -0.4 is 5.73 Å². The van der Waals surface area contributed by atoms with Crippen LogP contribution in [-0.4, -0.2) is 4.98 Å². The van der Waals surface area contributed by atoms with Crippen LogP contribution in [0.4, 0.5) is 5.69 Å². The predicted octanol–water partition coefficient (Wildman–Crippen LogP) is 4.86. The summed E-state index contributed by atoms with van der Waals surface area (Å²) < 4.78 is 5.72. The molecule has 3 aromatic rings. The van der Waals surface area contributed by atoms with Crippen LogP contribution in [0.25, 0.3) is 11.1 Å². The number of rotatable bonds is 2. The molecule has 0 spiro atoms. The van der Waals surface area contributed by atoms with Gasteiger partial charge in [-0.05, 0) is 53.1 Å². The van der Waals surface area contributed by atoms with E-state index in [-0.39, 0.29) is 5.41 Å². The Hall–Kier alpha value is -1.94. The lowest BCUT2D eigenvalue weighted by molar-refractivity contribution is 0.489. The summed E-state index contributed by atoms with van der Waals surface area (Å²) in [7, 11) is 0. The molecule has 0 aliphatic carbocycles. The molecule has 2 aromatic carbocycles. The molecule has 3 nitrogen and oxygen atoms in total. The lowest BCUT2D eigenvalue weighted by Gasteiger charge is -2.18. The first kappa shape index (κ1) is 14.0. The van der Waals surface area contributed by atoms with Crippen LogP contribution in [0.3, 0.4) is 0 Å². The van der Waals surface area contributed by atoms with E-state index in [9.17, 15) is 0 Å². The second-order valence-electron chi connectivity index (χ2n) is 6.08. The number of anilines is 1. The van der Waals surface area contributed by atoms with E-state index < -0.39 is 0 Å². The van der Waals surface area contributed by atoms with E-state index in [1.807, 2.05) is 18.2 Å². The third-order valence-electron chi connectivity index (χ3n) is 3.32. The van der Waals surface area contributed by atoms with Crippen molar-refractivity contribution in [1.29, 1.82) is 0 Å². The van der Waals surface area contributed by atoms with Gasteiger partial charge in [-0.3, -0.25) is 0 Å². The lowest BCUT2D eigenvalue weighted by atomic mass is 9.87. The van der Waals surface area contributed by atoms with E-state index in [1.54, 1.807) is 0 Å². The van der Waals surface area contributed by atoms with Gasteiger partial charge in [0.2, 0.25) is 0 Å². The first-order valence-electron chi connectivity index (χ1n) is 6.86. The van der Waals surface area contributed by atoms with E-state index in [1.165, 1.54) is 17.3 Å². The summed E-state index contributed by atoms with van der Waals surface area (Å²) in [6.45, 7) is 6.63. The molecule has 0 atom stereocenters. The Morgan fingerprint density at radius 3 is 2.43 bits per heavy atom. The summed E-state index contributed by atoms with van der Waals surface area (Å²) in [6, 6.07) is 14.0. The number of nitrogens with zero attached hydrogens (tertiary/aromatic N) is 1. The highest BCUT2D eigenvalue weighted by Gasteiger charge is 2.13. The minimum absolute atomic E-state index is 0.165. The normalized spacial score (nSPS) is 12.0. The molecule has 2 N–H and O–H groups in total. The average Bonchev–Trinajstić information content (AvgIpc) is 2.79. The van der Waals surface area contributed by atoms with Gasteiger partial charge in [-0.25, -0.2) is 4.98 Å². The smallest absolute Gasteiger partial charge is 0.261 e. The summed E-state index contributed by atoms with van der Waals surface area (Å²) in [5, 5.41) is 0.638. The second-order valence-corrected chi connectivity index (χ2v) is 7.11. The molecule has 0 unspecified atom stereocenters. The van der Waals surface area contributed by atoms with Crippen molar-refractivity contribution in [1.82, 2.24) is 4.98 Å². The Morgan fingerprint density at radius 1 is 1.05 bits per heavy atom. The van der Waals surface area contributed by atoms with Crippen LogP contribution in [0.5, 0.6) is 0 Å². The fourth-order valence-electron chi connectivity index (χ4n) is 2.09. The number of benzene rings is 2. The molecular formula is C17H18N2OS. The van der Waals surface area contributed by atoms with Crippen LogP contribution in [0.15, 0.2) is 57.0 Å². The molecule has 108 valence electrons. The van der Waals surface area contributed by atoms with Crippen molar-refractivity contribution in [3.8, 4) is 0 Å². The third-order valence-corrected chi connectivity index (χ3v) is 4.17. The zero-order chi connectivity index (χ0) is 15.0. The van der Waals surface area contributed by atoms with Crippen LogP contribution in [-0.2, 0) is 5.41 Å². The molecule has 0 saturated heterocycles. The monoisotopic (exact) mass is 298 g/mol. The van der Waals surface area contributed by atoms with Crippen molar-refractivity contribution in [2.45, 2.75) is 36.3 Å². The zero-order valence-corrected chi connectivity index (χ0v) is 13.2. The van der Waals surface area contributed by atoms with Crippen LogP contribution in [0.1, 0.15) is 26.3 Å². The number of nitrogens with two attached hydrogens (primary N) is 1. The number of hydrogen-bond acceptors (Lipinski definition) is 4. The first-order valence-corrected chi connectivity index (χ1v) is 7.68. The molecular weight excluding hydrogens is 280 g/mol. The van der Waals surface area contributed by atoms with Gasteiger partial charge in [0, 0.05) is 10.6 Å². The van der Waals surface area contributed by atoms with Gasteiger partial charge in [-0.2, -0.15) is 0 Å². The van der Waals surface area contributed by atoms with Crippen LogP contribution in [0.2, 0.25) is 0 Å². The maximum absolute atomic E-state index is 5.75. The van der Waals surface area contributed by atoms with E-state index in [0.29, 0.717) is 10.9 Å². The van der Waals surface area contributed by atoms with Crippen molar-refractivity contribution in [2.24, 2.45) is 0 Å². The molecule has 0 fully saturated rings. The standard InChI is InChI=1S/C17H18N2OS/c1-17(2,3)11-4-7-13(8-5-11)21-16-19-14-10-12(18)6-9-15(14)20-16/h4-10H,18H2,1-3H3. The molecule has 0 radical (unpaired) electrons. The highest BCUT2D eigenvalue weighted by molar-refractivity contribution is 7.99. The largest absolute Gasteiger partial charge is 0.431 e. The van der Waals surface area contributed by atoms with Crippen molar-refractivity contribution in [3.63, 3.8) is 0 Å². The molecule has 0 bridgehead atoms. The zero-order valence-electron chi connectivity index (χ0n) is 12.4. The molecule has 3 rings (SSSR count). The number of fused-ring (bicyclic) bond motifs is 1. The molecule has 21 heavy (non-hydrogen) atoms. The molecule has 0 amide bonds. The van der Waals surface area contributed by atoms with Gasteiger partial charge in [0.05, 0.1) is 0 Å². The Kier molecular flexibility index (Phi) is 3.41. The molecule has 0 saturated carbocycles. The van der Waals surface area contributed by atoms with Crippen LogP contribution in [0, 0.1) is 0 Å². The Labute approximate surface area is 128 Å². The Morgan fingerprint density at radius 2 is 1.76 bits per heavy atom. The SMILES string of the molecule is CC(C)(C)c1ccc(Sc2nc3cc(N)ccc3o2)cc1. The van der Waals surface area contributed by atoms with E-state index in [2.05, 4.69) is 50.0 Å². The van der Waals surface area contributed by atoms with Crippen molar-refractivity contribution < 1.29 is 4.42 Å². The summed E-state index contributed by atoms with van der Waals surface area (Å²) in [5.74, 6) is 0. The van der Waals surface area contributed by atoms with Gasteiger partial charge in [0.1, 0.15) is 5.52 Å². The number of nitrogen functional groups attached to an aromatic ring is 1. The fraction of sp³-hybridized carbons (Fsp3) is 0.235.